The number of anilines is 1. The van der Waals surface area contributed by atoms with Crippen LogP contribution in [0.5, 0.6) is 5.75 Å². The molecule has 106 valence electrons. The van der Waals surface area contributed by atoms with Crippen LogP contribution in [0.2, 0.25) is 0 Å². The van der Waals surface area contributed by atoms with Gasteiger partial charge in [-0.2, -0.15) is 0 Å². The van der Waals surface area contributed by atoms with Crippen LogP contribution in [-0.2, 0) is 11.2 Å². The van der Waals surface area contributed by atoms with E-state index in [2.05, 4.69) is 12.8 Å². The van der Waals surface area contributed by atoms with Crippen molar-refractivity contribution < 1.29 is 15.0 Å². The van der Waals surface area contributed by atoms with Crippen molar-refractivity contribution in [3.05, 3.63) is 23.8 Å². The topological polar surface area (TPSA) is 110 Å². The lowest BCUT2D eigenvalue weighted by Crippen LogP contribution is -2.20. The number of terminal acetylenes is 1. The molecule has 0 saturated heterocycles. The maximum absolute atomic E-state index is 10.8. The molecular weight excluding hydrogens is 244 g/mol. The van der Waals surface area contributed by atoms with E-state index in [0.29, 0.717) is 12.1 Å². The van der Waals surface area contributed by atoms with E-state index in [1.54, 1.807) is 25.1 Å². The maximum Gasteiger partial charge on any atom is 0.220 e. The monoisotopic (exact) mass is 266 g/mol. The lowest BCUT2D eigenvalue weighted by atomic mass is 10.0. The molecule has 1 atom stereocenters. The van der Waals surface area contributed by atoms with Gasteiger partial charge < -0.3 is 21.7 Å². The van der Waals surface area contributed by atoms with Gasteiger partial charge in [-0.15, -0.1) is 12.8 Å². The molecule has 6 N–H and O–H groups in total. The Hall–Kier alpha value is -2.19. The number of nitrogens with two attached hydrogens (primary N) is 2. The predicted octanol–water partition coefficient (Wildman–Crippen LogP) is 0.886. The Labute approximate surface area is 114 Å². The Morgan fingerprint density at radius 1 is 1.37 bits per heavy atom. The highest BCUT2D eigenvalue weighted by Gasteiger charge is 2.08. The van der Waals surface area contributed by atoms with E-state index in [1.807, 2.05) is 0 Å². The molecule has 5 heteroatoms. The fraction of sp³-hybridized carbons (Fsp3) is 0.357. The number of phenolic OH excluding ortho intramolecular Hbond substituents is 1. The highest BCUT2D eigenvalue weighted by molar-refractivity contribution is 5.76. The summed E-state index contributed by atoms with van der Waals surface area (Å²) in [7, 11) is 1.00. The quantitative estimate of drug-likeness (QED) is 0.368. The number of primary amides is 1. The summed E-state index contributed by atoms with van der Waals surface area (Å²) in [5.41, 5.74) is 12.1. The van der Waals surface area contributed by atoms with E-state index < -0.39 is 0 Å². The third-order valence-electron chi connectivity index (χ3n) is 2.44. The Bertz CT molecular complexity index is 403. The number of aryl methyl sites for hydroxylation is 1. The molecule has 0 unspecified atom stereocenters. The van der Waals surface area contributed by atoms with Crippen LogP contribution >= 0.6 is 0 Å². The Balaban J connectivity index is 0. The van der Waals surface area contributed by atoms with Gasteiger partial charge in [0.15, 0.2) is 0 Å². The molecule has 0 spiro atoms. The predicted molar refractivity (Wildman–Crippen MR) is 77.2 cm³/mol. The zero-order chi connectivity index (χ0) is 15.4. The van der Waals surface area contributed by atoms with Gasteiger partial charge in [0.05, 0.1) is 5.69 Å². The summed E-state index contributed by atoms with van der Waals surface area (Å²) in [6.45, 7) is 1.80. The fourth-order valence-electron chi connectivity index (χ4n) is 1.28. The number of hydrogen-bond acceptors (Lipinski definition) is 4. The summed E-state index contributed by atoms with van der Waals surface area (Å²) in [5, 5.41) is 16.2. The van der Waals surface area contributed by atoms with E-state index in [4.69, 9.17) is 16.6 Å². The first kappa shape index (κ1) is 19.2. The van der Waals surface area contributed by atoms with Crippen molar-refractivity contribution in [1.82, 2.24) is 0 Å². The highest BCUT2D eigenvalue weighted by atomic mass is 16.3. The van der Waals surface area contributed by atoms with E-state index in [9.17, 15) is 9.90 Å². The summed E-state index contributed by atoms with van der Waals surface area (Å²) < 4.78 is 0. The molecule has 5 nitrogen and oxygen atoms in total. The Morgan fingerprint density at radius 2 is 1.89 bits per heavy atom. The molecule has 1 aromatic carbocycles. The van der Waals surface area contributed by atoms with Gasteiger partial charge in [-0.05, 0) is 30.5 Å². The van der Waals surface area contributed by atoms with Crippen LogP contribution in [0.3, 0.4) is 0 Å². The molecule has 0 aliphatic heterocycles. The molecule has 0 saturated carbocycles. The molecular formula is C14H22N2O3. The number of carbonyl (C=O) groups is 1. The minimum atomic E-state index is -0.290. The zero-order valence-electron chi connectivity index (χ0n) is 11.3. The molecule has 19 heavy (non-hydrogen) atoms. The molecule has 0 heterocycles. The van der Waals surface area contributed by atoms with Crippen molar-refractivity contribution in [2.45, 2.75) is 19.8 Å². The Morgan fingerprint density at radius 3 is 2.32 bits per heavy atom. The van der Waals surface area contributed by atoms with E-state index in [0.717, 1.165) is 19.1 Å². The van der Waals surface area contributed by atoms with Gasteiger partial charge in [-0.1, -0.05) is 13.0 Å². The van der Waals surface area contributed by atoms with Crippen LogP contribution in [0.25, 0.3) is 0 Å². The first-order chi connectivity index (χ1) is 9.00. The fourth-order valence-corrected chi connectivity index (χ4v) is 1.28. The summed E-state index contributed by atoms with van der Waals surface area (Å²) in [6.07, 6.45) is 9.42. The molecule has 0 aliphatic carbocycles. The second-order valence-corrected chi connectivity index (χ2v) is 3.74. The molecule has 1 rings (SSSR count). The minimum Gasteiger partial charge on any atom is -0.506 e. The SMILES string of the molecule is C#C.CO.C[C@@H](CCc1ccc(O)c(N)c1)C(N)=O. The smallest absolute Gasteiger partial charge is 0.220 e. The molecule has 0 radical (unpaired) electrons. The molecule has 0 aliphatic rings. The number of aromatic hydroxyl groups is 1. The molecule has 1 amide bonds. The molecule has 0 fully saturated rings. The second kappa shape index (κ2) is 10.9. The van der Waals surface area contributed by atoms with E-state index >= 15 is 0 Å². The Kier molecular flexibility index (Phi) is 11.0. The average Bonchev–Trinajstić information content (AvgIpc) is 2.44. The zero-order valence-corrected chi connectivity index (χ0v) is 11.3. The van der Waals surface area contributed by atoms with Crippen molar-refractivity contribution in [3.63, 3.8) is 0 Å². The van der Waals surface area contributed by atoms with Crippen molar-refractivity contribution in [3.8, 4) is 18.6 Å². The average molecular weight is 266 g/mol. The number of hydrogen-bond donors (Lipinski definition) is 4. The summed E-state index contributed by atoms with van der Waals surface area (Å²) in [4.78, 5) is 10.8. The van der Waals surface area contributed by atoms with Gasteiger partial charge in [0, 0.05) is 13.0 Å². The summed E-state index contributed by atoms with van der Waals surface area (Å²) >= 11 is 0. The van der Waals surface area contributed by atoms with Crippen LogP contribution < -0.4 is 11.5 Å². The standard InChI is InChI=1S/C11H16N2O2.C2H2.CH4O/c1-7(11(13)15)2-3-8-4-5-10(14)9(12)6-8;2*1-2/h4-7,14H,2-3,12H2,1H3,(H2,13,15);1-2H;2H,1H3/t7-;;/m0../s1. The number of aliphatic hydroxyl groups is 1. The number of rotatable bonds is 4. The van der Waals surface area contributed by atoms with Crippen molar-refractivity contribution in [1.29, 1.82) is 0 Å². The molecule has 0 aromatic heterocycles. The first-order valence-corrected chi connectivity index (χ1v) is 5.65. The molecule has 0 bridgehead atoms. The normalized spacial score (nSPS) is 10.2. The van der Waals surface area contributed by atoms with Crippen LogP contribution in [0.15, 0.2) is 18.2 Å². The van der Waals surface area contributed by atoms with E-state index in [-0.39, 0.29) is 17.6 Å². The lowest BCUT2D eigenvalue weighted by molar-refractivity contribution is -0.121. The first-order valence-electron chi connectivity index (χ1n) is 5.65. The highest BCUT2D eigenvalue weighted by Crippen LogP contribution is 2.21. The van der Waals surface area contributed by atoms with Gasteiger partial charge in [0.25, 0.3) is 0 Å². The summed E-state index contributed by atoms with van der Waals surface area (Å²) in [6, 6.07) is 5.06. The van der Waals surface area contributed by atoms with E-state index in [1.165, 1.54) is 0 Å². The van der Waals surface area contributed by atoms with Crippen LogP contribution in [0.4, 0.5) is 5.69 Å². The number of phenols is 1. The number of benzene rings is 1. The maximum atomic E-state index is 10.8. The van der Waals surface area contributed by atoms with Gasteiger partial charge in [-0.3, -0.25) is 4.79 Å². The van der Waals surface area contributed by atoms with Gasteiger partial charge in [0.1, 0.15) is 5.75 Å². The third kappa shape index (κ3) is 7.68. The lowest BCUT2D eigenvalue weighted by Gasteiger charge is -2.07. The van der Waals surface area contributed by atoms with Crippen LogP contribution in [-0.4, -0.2) is 23.2 Å². The second-order valence-electron chi connectivity index (χ2n) is 3.74. The van der Waals surface area contributed by atoms with Crippen molar-refractivity contribution in [2.24, 2.45) is 11.7 Å². The number of aliphatic hydroxyl groups excluding tert-OH is 1. The summed E-state index contributed by atoms with van der Waals surface area (Å²) in [5.74, 6) is -0.344. The van der Waals surface area contributed by atoms with Gasteiger partial charge >= 0.3 is 0 Å². The van der Waals surface area contributed by atoms with Gasteiger partial charge in [-0.25, -0.2) is 0 Å². The van der Waals surface area contributed by atoms with Crippen molar-refractivity contribution in [2.75, 3.05) is 12.8 Å². The van der Waals surface area contributed by atoms with Gasteiger partial charge in [0.2, 0.25) is 5.91 Å². The minimum absolute atomic E-state index is 0.0849. The van der Waals surface area contributed by atoms with Crippen LogP contribution in [0.1, 0.15) is 18.9 Å². The number of nitrogen functional groups attached to an aromatic ring is 1. The molecule has 1 aromatic rings. The third-order valence-corrected chi connectivity index (χ3v) is 2.44. The van der Waals surface area contributed by atoms with Crippen LogP contribution in [0, 0.1) is 18.8 Å². The van der Waals surface area contributed by atoms with Crippen molar-refractivity contribution >= 4 is 11.6 Å². The number of amides is 1. The largest absolute Gasteiger partial charge is 0.506 e. The number of carbonyl (C=O) groups excluding carboxylic acids is 1.